The third kappa shape index (κ3) is 5.55. The highest BCUT2D eigenvalue weighted by atomic mass is 32.2. The Labute approximate surface area is 176 Å². The Hall–Kier alpha value is -2.43. The van der Waals surface area contributed by atoms with Crippen molar-refractivity contribution in [2.75, 3.05) is 29.5 Å². The number of thioether (sulfide) groups is 1. The van der Waals surface area contributed by atoms with Crippen LogP contribution in [0, 0.1) is 6.92 Å². The van der Waals surface area contributed by atoms with E-state index in [2.05, 4.69) is 26.0 Å². The van der Waals surface area contributed by atoms with Crippen LogP contribution in [0.4, 0.5) is 11.0 Å². The Bertz CT molecular complexity index is 951. The predicted molar refractivity (Wildman–Crippen MR) is 113 cm³/mol. The standard InChI is InChI=1S/C19H21N5O3S2/c1-12-4-6-13(7-5-12)15-9-17(27-24-15)21-16(25)11-28-19-23-22-18(29-19)20-10-14-3-2-8-26-14/h4-7,9,14H,2-3,8,10-11H2,1H3,(H,20,22)(H,21,25)/t14-/m0/s1. The summed E-state index contributed by atoms with van der Waals surface area (Å²) in [6, 6.07) is 9.66. The summed E-state index contributed by atoms with van der Waals surface area (Å²) in [6.45, 7) is 3.59. The highest BCUT2D eigenvalue weighted by molar-refractivity contribution is 8.01. The second-order valence-corrected chi connectivity index (χ2v) is 8.87. The van der Waals surface area contributed by atoms with Crippen LogP contribution < -0.4 is 10.6 Å². The van der Waals surface area contributed by atoms with Crippen LogP contribution in [0.25, 0.3) is 11.3 Å². The van der Waals surface area contributed by atoms with Crippen molar-refractivity contribution < 1.29 is 14.1 Å². The molecule has 0 radical (unpaired) electrons. The summed E-state index contributed by atoms with van der Waals surface area (Å²) in [5.74, 6) is 0.342. The van der Waals surface area contributed by atoms with Gasteiger partial charge in [0, 0.05) is 24.8 Å². The number of amides is 1. The van der Waals surface area contributed by atoms with Crippen LogP contribution in [0.1, 0.15) is 18.4 Å². The summed E-state index contributed by atoms with van der Waals surface area (Å²) in [4.78, 5) is 12.2. The molecule has 1 aliphatic rings. The molecule has 29 heavy (non-hydrogen) atoms. The van der Waals surface area contributed by atoms with E-state index >= 15 is 0 Å². The molecular weight excluding hydrogens is 410 g/mol. The van der Waals surface area contributed by atoms with Crippen molar-refractivity contribution in [3.05, 3.63) is 35.9 Å². The predicted octanol–water partition coefficient (Wildman–Crippen LogP) is 3.82. The molecule has 0 unspecified atom stereocenters. The normalized spacial score (nSPS) is 16.1. The summed E-state index contributed by atoms with van der Waals surface area (Å²) in [6.07, 6.45) is 2.42. The summed E-state index contributed by atoms with van der Waals surface area (Å²) < 4.78 is 11.5. The smallest absolute Gasteiger partial charge is 0.237 e. The van der Waals surface area contributed by atoms with Gasteiger partial charge in [-0.15, -0.1) is 10.2 Å². The van der Waals surface area contributed by atoms with Gasteiger partial charge in [0.25, 0.3) is 0 Å². The number of carbonyl (C=O) groups is 1. The maximum Gasteiger partial charge on any atom is 0.237 e. The van der Waals surface area contributed by atoms with Gasteiger partial charge in [0.05, 0.1) is 11.9 Å². The summed E-state index contributed by atoms with van der Waals surface area (Å²) in [7, 11) is 0. The van der Waals surface area contributed by atoms with E-state index in [0.717, 1.165) is 41.0 Å². The number of hydrogen-bond acceptors (Lipinski definition) is 9. The number of anilines is 2. The molecule has 3 heterocycles. The van der Waals surface area contributed by atoms with Crippen LogP contribution >= 0.6 is 23.1 Å². The van der Waals surface area contributed by atoms with E-state index in [0.29, 0.717) is 11.6 Å². The van der Waals surface area contributed by atoms with Crippen molar-refractivity contribution >= 4 is 40.0 Å². The van der Waals surface area contributed by atoms with Crippen LogP contribution in [0.2, 0.25) is 0 Å². The Kier molecular flexibility index (Phi) is 6.43. The molecule has 1 aromatic carbocycles. The third-order valence-corrected chi connectivity index (χ3v) is 6.37. The van der Waals surface area contributed by atoms with E-state index in [1.54, 1.807) is 6.07 Å². The van der Waals surface area contributed by atoms with Gasteiger partial charge < -0.3 is 14.6 Å². The monoisotopic (exact) mass is 431 g/mol. The quantitative estimate of drug-likeness (QED) is 0.519. The van der Waals surface area contributed by atoms with Crippen LogP contribution in [-0.4, -0.2) is 46.3 Å². The Morgan fingerprint density at radius 2 is 2.17 bits per heavy atom. The molecule has 152 valence electrons. The van der Waals surface area contributed by atoms with Gasteiger partial charge in [-0.25, -0.2) is 0 Å². The first kappa shape index (κ1) is 19.9. The molecule has 0 spiro atoms. The number of carbonyl (C=O) groups excluding carboxylic acids is 1. The zero-order valence-electron chi connectivity index (χ0n) is 15.9. The molecule has 1 saturated heterocycles. The fraction of sp³-hybridized carbons (Fsp3) is 0.368. The highest BCUT2D eigenvalue weighted by Crippen LogP contribution is 2.26. The van der Waals surface area contributed by atoms with Crippen LogP contribution in [0.3, 0.4) is 0 Å². The second-order valence-electron chi connectivity index (χ2n) is 6.67. The zero-order chi connectivity index (χ0) is 20.1. The average Bonchev–Trinajstić information content (AvgIpc) is 3.47. The molecule has 8 nitrogen and oxygen atoms in total. The van der Waals surface area contributed by atoms with E-state index in [4.69, 9.17) is 9.26 Å². The maximum atomic E-state index is 12.2. The summed E-state index contributed by atoms with van der Waals surface area (Å²) in [5, 5.41) is 18.9. The second kappa shape index (κ2) is 9.38. The lowest BCUT2D eigenvalue weighted by Gasteiger charge is -2.08. The molecule has 3 aromatic rings. The number of rotatable bonds is 8. The zero-order valence-corrected chi connectivity index (χ0v) is 17.5. The fourth-order valence-electron chi connectivity index (χ4n) is 2.84. The number of nitrogens with one attached hydrogen (secondary N) is 2. The average molecular weight is 432 g/mol. The van der Waals surface area contributed by atoms with Gasteiger partial charge in [0.2, 0.25) is 16.9 Å². The lowest BCUT2D eigenvalue weighted by Crippen LogP contribution is -2.18. The van der Waals surface area contributed by atoms with Gasteiger partial charge in [0.1, 0.15) is 5.69 Å². The number of ether oxygens (including phenoxy) is 1. The summed E-state index contributed by atoms with van der Waals surface area (Å²) in [5.41, 5.74) is 2.79. The van der Waals surface area contributed by atoms with Gasteiger partial charge in [-0.1, -0.05) is 58.1 Å². The van der Waals surface area contributed by atoms with Gasteiger partial charge >= 0.3 is 0 Å². The first-order chi connectivity index (χ1) is 14.2. The van der Waals surface area contributed by atoms with Crippen molar-refractivity contribution in [2.45, 2.75) is 30.2 Å². The molecule has 10 heteroatoms. The molecule has 1 atom stereocenters. The lowest BCUT2D eigenvalue weighted by atomic mass is 10.1. The largest absolute Gasteiger partial charge is 0.376 e. The molecule has 2 aromatic heterocycles. The van der Waals surface area contributed by atoms with Crippen molar-refractivity contribution in [3.63, 3.8) is 0 Å². The maximum absolute atomic E-state index is 12.2. The first-order valence-electron chi connectivity index (χ1n) is 9.31. The number of nitrogens with zero attached hydrogens (tertiary/aromatic N) is 3. The van der Waals surface area contributed by atoms with Gasteiger partial charge in [0.15, 0.2) is 4.34 Å². The fourth-order valence-corrected chi connectivity index (χ4v) is 4.40. The minimum Gasteiger partial charge on any atom is -0.376 e. The van der Waals surface area contributed by atoms with Crippen molar-refractivity contribution in [1.29, 1.82) is 0 Å². The van der Waals surface area contributed by atoms with Gasteiger partial charge in [-0.2, -0.15) is 0 Å². The van der Waals surface area contributed by atoms with E-state index in [9.17, 15) is 4.79 Å². The van der Waals surface area contributed by atoms with Gasteiger partial charge in [-0.05, 0) is 19.8 Å². The van der Waals surface area contributed by atoms with E-state index in [1.807, 2.05) is 31.2 Å². The number of benzene rings is 1. The molecular formula is C19H21N5O3S2. The third-order valence-electron chi connectivity index (χ3n) is 4.36. The number of aromatic nitrogens is 3. The van der Waals surface area contributed by atoms with E-state index < -0.39 is 0 Å². The van der Waals surface area contributed by atoms with Crippen molar-refractivity contribution in [3.8, 4) is 11.3 Å². The van der Waals surface area contributed by atoms with Crippen LogP contribution in [0.5, 0.6) is 0 Å². The SMILES string of the molecule is Cc1ccc(-c2cc(NC(=O)CSc3nnc(NC[C@@H]4CCCO4)s3)on2)cc1. The van der Waals surface area contributed by atoms with Crippen molar-refractivity contribution in [1.82, 2.24) is 15.4 Å². The molecule has 1 aliphatic heterocycles. The highest BCUT2D eigenvalue weighted by Gasteiger charge is 2.16. The number of aryl methyl sites for hydroxylation is 1. The van der Waals surface area contributed by atoms with E-state index in [1.165, 1.54) is 28.7 Å². The Morgan fingerprint density at radius 3 is 2.97 bits per heavy atom. The van der Waals surface area contributed by atoms with Crippen molar-refractivity contribution in [2.24, 2.45) is 0 Å². The van der Waals surface area contributed by atoms with Crippen LogP contribution in [-0.2, 0) is 9.53 Å². The molecule has 1 amide bonds. The Balaban J connectivity index is 1.23. The van der Waals surface area contributed by atoms with Crippen LogP contribution in [0.15, 0.2) is 39.2 Å². The Morgan fingerprint density at radius 1 is 1.31 bits per heavy atom. The summed E-state index contributed by atoms with van der Waals surface area (Å²) >= 11 is 2.76. The molecule has 0 aliphatic carbocycles. The topological polar surface area (TPSA) is 102 Å². The molecule has 1 fully saturated rings. The molecule has 4 rings (SSSR count). The van der Waals surface area contributed by atoms with E-state index in [-0.39, 0.29) is 17.8 Å². The molecule has 0 bridgehead atoms. The minimum atomic E-state index is -0.189. The first-order valence-corrected chi connectivity index (χ1v) is 11.1. The molecule has 0 saturated carbocycles. The lowest BCUT2D eigenvalue weighted by molar-refractivity contribution is -0.113. The minimum absolute atomic E-state index is 0.189. The number of hydrogen-bond donors (Lipinski definition) is 2. The van der Waals surface area contributed by atoms with Gasteiger partial charge in [-0.3, -0.25) is 10.1 Å². The molecule has 2 N–H and O–H groups in total.